The van der Waals surface area contributed by atoms with Gasteiger partial charge in [0, 0.05) is 12.8 Å². The second kappa shape index (κ2) is 35.2. The van der Waals surface area contributed by atoms with Gasteiger partial charge in [-0.15, -0.1) is 0 Å². The first kappa shape index (κ1) is 49.2. The lowest BCUT2D eigenvalue weighted by molar-refractivity contribution is -0.161. The first-order valence-electron chi connectivity index (χ1n) is 19.3. The molecule has 0 heterocycles. The molecule has 0 saturated heterocycles. The molecule has 0 radical (unpaired) electrons. The van der Waals surface area contributed by atoms with E-state index in [1.165, 1.54) is 25.7 Å². The van der Waals surface area contributed by atoms with E-state index in [0.29, 0.717) is 12.8 Å². The van der Waals surface area contributed by atoms with E-state index in [1.807, 2.05) is 0 Å². The van der Waals surface area contributed by atoms with Gasteiger partial charge in [0.05, 0.1) is 13.2 Å². The van der Waals surface area contributed by atoms with E-state index < -0.39 is 51.1 Å². The molecule has 0 rings (SSSR count). The molecule has 0 saturated carbocycles. The Morgan fingerprint density at radius 3 is 1.67 bits per heavy atom. The number of phosphoric ester groups is 1. The molecule has 0 aromatic carbocycles. The lowest BCUT2D eigenvalue weighted by Crippen LogP contribution is -2.34. The summed E-state index contributed by atoms with van der Waals surface area (Å²) in [5.41, 5.74) is 5.31. The smallest absolute Gasteiger partial charge is 0.472 e. The number of carbonyl (C=O) groups excluding carboxylic acids is 2. The van der Waals surface area contributed by atoms with Crippen LogP contribution in [-0.4, -0.2) is 59.9 Å². The topological polar surface area (TPSA) is 172 Å². The predicted molar refractivity (Wildman–Crippen MR) is 208 cm³/mol. The molecule has 52 heavy (non-hydrogen) atoms. The average molecular weight is 754 g/mol. The average Bonchev–Trinajstić information content (AvgIpc) is 3.12. The Hall–Kier alpha value is -2.82. The van der Waals surface area contributed by atoms with Crippen molar-refractivity contribution in [2.24, 2.45) is 5.73 Å². The summed E-state index contributed by atoms with van der Waals surface area (Å²) in [6, 6.07) is -1.53. The van der Waals surface area contributed by atoms with Gasteiger partial charge in [0.1, 0.15) is 12.6 Å². The summed E-state index contributed by atoms with van der Waals surface area (Å²) in [6.07, 6.45) is 38.7. The van der Waals surface area contributed by atoms with E-state index in [0.717, 1.165) is 77.0 Å². The molecular formula is C40H68NO10P. The summed E-state index contributed by atoms with van der Waals surface area (Å²) in [6.45, 7) is 2.59. The van der Waals surface area contributed by atoms with Crippen LogP contribution in [0, 0.1) is 0 Å². The monoisotopic (exact) mass is 753 g/mol. The van der Waals surface area contributed by atoms with Gasteiger partial charge in [-0.2, -0.15) is 0 Å². The van der Waals surface area contributed by atoms with Crippen molar-refractivity contribution in [1.82, 2.24) is 0 Å². The second-order valence-electron chi connectivity index (χ2n) is 12.7. The number of esters is 2. The van der Waals surface area contributed by atoms with Gasteiger partial charge in [0.15, 0.2) is 6.10 Å². The number of hydrogen-bond donors (Lipinski definition) is 3. The van der Waals surface area contributed by atoms with Crippen LogP contribution < -0.4 is 5.73 Å². The first-order chi connectivity index (χ1) is 25.1. The maximum absolute atomic E-state index is 12.6. The highest BCUT2D eigenvalue weighted by molar-refractivity contribution is 7.47. The number of ether oxygens (including phenoxy) is 2. The normalized spacial score (nSPS) is 14.5. The van der Waals surface area contributed by atoms with Gasteiger partial charge >= 0.3 is 25.7 Å². The Bertz CT molecular complexity index is 1120. The summed E-state index contributed by atoms with van der Waals surface area (Å²) in [5, 5.41) is 8.86. The van der Waals surface area contributed by atoms with E-state index in [9.17, 15) is 23.8 Å². The molecular weight excluding hydrogens is 685 g/mol. The Balaban J connectivity index is 4.54. The molecule has 3 atom stereocenters. The summed E-state index contributed by atoms with van der Waals surface area (Å²) in [7, 11) is -4.73. The molecule has 0 aliphatic carbocycles. The molecule has 0 aliphatic rings. The minimum Gasteiger partial charge on any atom is -0.480 e. The number of aliphatic carboxylic acids is 1. The zero-order valence-corrected chi connectivity index (χ0v) is 32.8. The molecule has 11 nitrogen and oxygen atoms in total. The van der Waals surface area contributed by atoms with Gasteiger partial charge in [-0.25, -0.2) is 4.57 Å². The highest BCUT2D eigenvalue weighted by atomic mass is 31.2. The third-order valence-corrected chi connectivity index (χ3v) is 8.70. The van der Waals surface area contributed by atoms with E-state index in [2.05, 4.69) is 79.1 Å². The zero-order chi connectivity index (χ0) is 38.5. The van der Waals surface area contributed by atoms with Crippen LogP contribution in [0.25, 0.3) is 0 Å². The second-order valence-corrected chi connectivity index (χ2v) is 14.1. The minimum absolute atomic E-state index is 0.105. The van der Waals surface area contributed by atoms with Crippen molar-refractivity contribution in [3.8, 4) is 0 Å². The third kappa shape index (κ3) is 34.3. The standard InChI is InChI=1S/C40H68NO10P/c1-3-5-7-9-11-13-15-17-18-20-22-24-26-28-30-32-39(43)51-36(34-49-52(46,47)50-35-37(41)40(44)45)33-48-38(42)31-29-27-25-23-21-19-16-14-12-10-8-6-4-2/h5,7,11,13-14,16-18,22,24,36-37H,3-4,6,8-10,12,15,19-21,23,25-35,41H2,1-2H3,(H,44,45)(H,46,47)/b7-5-,13-11-,16-14-,18-17-,24-22-. The van der Waals surface area contributed by atoms with Crippen LogP contribution in [0.4, 0.5) is 0 Å². The molecule has 4 N–H and O–H groups in total. The molecule has 12 heteroatoms. The van der Waals surface area contributed by atoms with Gasteiger partial charge in [-0.3, -0.25) is 23.4 Å². The SMILES string of the molecule is CC/C=C\C/C=C\C/C=C\C/C=C\CCCCC(=O)OC(COC(=O)CCCCCCC/C=C\CCCCCC)COP(=O)(O)OCC(N)C(=O)O. The molecule has 3 unspecified atom stereocenters. The Morgan fingerprint density at radius 1 is 0.615 bits per heavy atom. The van der Waals surface area contributed by atoms with Crippen molar-refractivity contribution >= 4 is 25.7 Å². The van der Waals surface area contributed by atoms with Crippen LogP contribution >= 0.6 is 7.82 Å². The van der Waals surface area contributed by atoms with Crippen molar-refractivity contribution in [3.05, 3.63) is 60.8 Å². The molecule has 0 amide bonds. The van der Waals surface area contributed by atoms with Crippen LogP contribution in [0.15, 0.2) is 60.8 Å². The van der Waals surface area contributed by atoms with Crippen LogP contribution in [0.1, 0.15) is 142 Å². The van der Waals surface area contributed by atoms with Crippen molar-refractivity contribution < 1.29 is 47.5 Å². The van der Waals surface area contributed by atoms with Crippen molar-refractivity contribution in [2.75, 3.05) is 19.8 Å². The lowest BCUT2D eigenvalue weighted by Gasteiger charge is -2.20. The number of carbonyl (C=O) groups is 3. The van der Waals surface area contributed by atoms with Gasteiger partial charge in [0.25, 0.3) is 0 Å². The predicted octanol–water partition coefficient (Wildman–Crippen LogP) is 9.61. The number of nitrogens with two attached hydrogens (primary N) is 1. The maximum Gasteiger partial charge on any atom is 0.472 e. The van der Waals surface area contributed by atoms with Gasteiger partial charge in [0.2, 0.25) is 0 Å². The lowest BCUT2D eigenvalue weighted by atomic mass is 10.1. The van der Waals surface area contributed by atoms with Crippen molar-refractivity contribution in [1.29, 1.82) is 0 Å². The van der Waals surface area contributed by atoms with Crippen LogP contribution in [-0.2, 0) is 37.5 Å². The molecule has 0 fully saturated rings. The Kier molecular flexibility index (Phi) is 33.3. The molecule has 0 bridgehead atoms. The van der Waals surface area contributed by atoms with Gasteiger partial charge in [-0.1, -0.05) is 113 Å². The summed E-state index contributed by atoms with van der Waals surface area (Å²) in [4.78, 5) is 45.7. The van der Waals surface area contributed by atoms with E-state index in [4.69, 9.17) is 24.8 Å². The highest BCUT2D eigenvalue weighted by Gasteiger charge is 2.28. The number of phosphoric acid groups is 1. The quantitative estimate of drug-likeness (QED) is 0.0244. The van der Waals surface area contributed by atoms with Crippen molar-refractivity contribution in [3.63, 3.8) is 0 Å². The summed E-state index contributed by atoms with van der Waals surface area (Å²) >= 11 is 0. The van der Waals surface area contributed by atoms with Crippen LogP contribution in [0.2, 0.25) is 0 Å². The number of hydrogen-bond acceptors (Lipinski definition) is 9. The third-order valence-electron chi connectivity index (χ3n) is 7.75. The number of allylic oxidation sites excluding steroid dienone is 10. The summed E-state index contributed by atoms with van der Waals surface area (Å²) < 4.78 is 32.5. The zero-order valence-electron chi connectivity index (χ0n) is 31.9. The molecule has 0 aromatic heterocycles. The fourth-order valence-corrected chi connectivity index (χ4v) is 5.47. The maximum atomic E-state index is 12.6. The van der Waals surface area contributed by atoms with Crippen LogP contribution in [0.3, 0.4) is 0 Å². The van der Waals surface area contributed by atoms with Crippen LogP contribution in [0.5, 0.6) is 0 Å². The largest absolute Gasteiger partial charge is 0.480 e. The summed E-state index contributed by atoms with van der Waals surface area (Å²) in [5.74, 6) is -2.45. The van der Waals surface area contributed by atoms with E-state index >= 15 is 0 Å². The minimum atomic E-state index is -4.73. The number of unbranched alkanes of at least 4 members (excludes halogenated alkanes) is 11. The Labute approximate surface area is 313 Å². The van der Waals surface area contributed by atoms with E-state index in [1.54, 1.807) is 0 Å². The fraction of sp³-hybridized carbons (Fsp3) is 0.675. The molecule has 0 spiro atoms. The first-order valence-corrected chi connectivity index (χ1v) is 20.8. The molecule has 0 aromatic rings. The molecule has 298 valence electrons. The Morgan fingerprint density at radius 2 is 1.08 bits per heavy atom. The number of carboxylic acid groups (broad SMARTS) is 1. The van der Waals surface area contributed by atoms with Gasteiger partial charge < -0.3 is 25.2 Å². The van der Waals surface area contributed by atoms with Gasteiger partial charge in [-0.05, 0) is 77.0 Å². The number of rotatable bonds is 35. The highest BCUT2D eigenvalue weighted by Crippen LogP contribution is 2.43. The number of carboxylic acids is 1. The fourth-order valence-electron chi connectivity index (χ4n) is 4.70. The molecule has 0 aliphatic heterocycles. The van der Waals surface area contributed by atoms with E-state index in [-0.39, 0.29) is 19.4 Å². The van der Waals surface area contributed by atoms with Crippen molar-refractivity contribution in [2.45, 2.75) is 154 Å².